The first kappa shape index (κ1) is 18.9. The maximum absolute atomic E-state index is 12.4. The predicted molar refractivity (Wildman–Crippen MR) is 107 cm³/mol. The molecule has 26 heavy (non-hydrogen) atoms. The van der Waals surface area contributed by atoms with E-state index in [4.69, 9.17) is 17.3 Å². The van der Waals surface area contributed by atoms with Gasteiger partial charge in [-0.1, -0.05) is 37.6 Å². The fraction of sp³-hybridized carbons (Fsp3) is 0.381. The topological polar surface area (TPSA) is 58.4 Å². The summed E-state index contributed by atoms with van der Waals surface area (Å²) in [6.45, 7) is 7.31. The maximum atomic E-state index is 12.4. The number of rotatable bonds is 4. The number of halogens is 1. The van der Waals surface area contributed by atoms with Crippen molar-refractivity contribution in [2.45, 2.75) is 32.9 Å². The molecular weight excluding hydrogens is 346 g/mol. The van der Waals surface area contributed by atoms with E-state index >= 15 is 0 Å². The molecule has 138 valence electrons. The van der Waals surface area contributed by atoms with Gasteiger partial charge in [-0.2, -0.15) is 0 Å². The number of nitrogens with two attached hydrogens (primary N) is 1. The van der Waals surface area contributed by atoms with Crippen LogP contribution in [0.2, 0.25) is 5.02 Å². The number of carbonyl (C=O) groups is 1. The fourth-order valence-corrected chi connectivity index (χ4v) is 3.56. The number of nitrogens with zero attached hydrogens (tertiary/aromatic N) is 1. The number of nitrogens with one attached hydrogen (secondary N) is 1. The van der Waals surface area contributed by atoms with Crippen LogP contribution in [0.25, 0.3) is 0 Å². The minimum absolute atomic E-state index is 0.124. The Morgan fingerprint density at radius 2 is 2.00 bits per heavy atom. The molecule has 1 aliphatic heterocycles. The SMILES string of the molecule is CC1(C)CN(Cc2cccc(NC(=O)c3ccc(Cl)cc3)c2)CCC1N. The van der Waals surface area contributed by atoms with Crippen LogP contribution in [0.3, 0.4) is 0 Å². The first-order chi connectivity index (χ1) is 12.3. The van der Waals surface area contributed by atoms with Crippen LogP contribution in [0.5, 0.6) is 0 Å². The third-order valence-electron chi connectivity index (χ3n) is 5.09. The average Bonchev–Trinajstić information content (AvgIpc) is 2.59. The van der Waals surface area contributed by atoms with E-state index in [2.05, 4.69) is 30.1 Å². The Labute approximate surface area is 160 Å². The van der Waals surface area contributed by atoms with Crippen molar-refractivity contribution in [2.24, 2.45) is 11.1 Å². The highest BCUT2D eigenvalue weighted by molar-refractivity contribution is 6.30. The summed E-state index contributed by atoms with van der Waals surface area (Å²) in [6.07, 6.45) is 1.01. The van der Waals surface area contributed by atoms with Gasteiger partial charge >= 0.3 is 0 Å². The molecule has 0 spiro atoms. The highest BCUT2D eigenvalue weighted by Gasteiger charge is 2.33. The van der Waals surface area contributed by atoms with Gasteiger partial charge in [0.1, 0.15) is 0 Å². The molecule has 0 aromatic heterocycles. The van der Waals surface area contributed by atoms with Crippen LogP contribution in [0.4, 0.5) is 5.69 Å². The molecule has 1 aliphatic rings. The van der Waals surface area contributed by atoms with E-state index < -0.39 is 0 Å². The third kappa shape index (κ3) is 4.64. The van der Waals surface area contributed by atoms with Crippen molar-refractivity contribution in [3.8, 4) is 0 Å². The van der Waals surface area contributed by atoms with Gasteiger partial charge in [-0.25, -0.2) is 0 Å². The van der Waals surface area contributed by atoms with Gasteiger partial charge in [-0.05, 0) is 53.8 Å². The lowest BCUT2D eigenvalue weighted by Gasteiger charge is -2.42. The van der Waals surface area contributed by atoms with E-state index in [1.54, 1.807) is 24.3 Å². The van der Waals surface area contributed by atoms with Crippen molar-refractivity contribution in [2.75, 3.05) is 18.4 Å². The van der Waals surface area contributed by atoms with Gasteiger partial charge in [0.25, 0.3) is 5.91 Å². The smallest absolute Gasteiger partial charge is 0.255 e. The Morgan fingerprint density at radius 1 is 1.27 bits per heavy atom. The van der Waals surface area contributed by atoms with Crippen LogP contribution in [0.1, 0.15) is 36.2 Å². The van der Waals surface area contributed by atoms with Crippen LogP contribution in [-0.4, -0.2) is 29.9 Å². The van der Waals surface area contributed by atoms with Crippen molar-refractivity contribution < 1.29 is 4.79 Å². The molecule has 0 aliphatic carbocycles. The summed E-state index contributed by atoms with van der Waals surface area (Å²) >= 11 is 5.87. The minimum atomic E-state index is -0.135. The maximum Gasteiger partial charge on any atom is 0.255 e. The quantitative estimate of drug-likeness (QED) is 0.848. The Balaban J connectivity index is 1.65. The highest BCUT2D eigenvalue weighted by Crippen LogP contribution is 2.28. The molecular formula is C21H26ClN3O. The molecule has 2 aromatic carbocycles. The monoisotopic (exact) mass is 371 g/mol. The molecule has 1 unspecified atom stereocenters. The van der Waals surface area contributed by atoms with Gasteiger partial charge in [0.05, 0.1) is 0 Å². The molecule has 5 heteroatoms. The average molecular weight is 372 g/mol. The summed E-state index contributed by atoms with van der Waals surface area (Å²) in [6, 6.07) is 15.2. The van der Waals surface area contributed by atoms with Crippen LogP contribution in [0, 0.1) is 5.41 Å². The molecule has 0 bridgehead atoms. The number of amides is 1. The van der Waals surface area contributed by atoms with E-state index in [0.29, 0.717) is 10.6 Å². The second kappa shape index (κ2) is 7.78. The number of hydrogen-bond acceptors (Lipinski definition) is 3. The molecule has 3 rings (SSSR count). The number of hydrogen-bond donors (Lipinski definition) is 2. The summed E-state index contributed by atoms with van der Waals surface area (Å²) in [5.41, 5.74) is 8.93. The molecule has 4 nitrogen and oxygen atoms in total. The Kier molecular flexibility index (Phi) is 5.66. The molecule has 1 saturated heterocycles. The largest absolute Gasteiger partial charge is 0.327 e. The Hall–Kier alpha value is -1.88. The molecule has 3 N–H and O–H groups in total. The number of anilines is 1. The Bertz CT molecular complexity index is 773. The van der Waals surface area contributed by atoms with E-state index in [1.165, 1.54) is 5.56 Å². The van der Waals surface area contributed by atoms with Gasteiger partial charge in [0.2, 0.25) is 0 Å². The molecule has 1 atom stereocenters. The van der Waals surface area contributed by atoms with Crippen LogP contribution < -0.4 is 11.1 Å². The second-order valence-electron chi connectivity index (χ2n) is 7.76. The zero-order valence-electron chi connectivity index (χ0n) is 15.3. The molecule has 1 heterocycles. The van der Waals surface area contributed by atoms with E-state index in [0.717, 1.165) is 31.7 Å². The summed E-state index contributed by atoms with van der Waals surface area (Å²) < 4.78 is 0. The van der Waals surface area contributed by atoms with Gasteiger partial charge in [-0.3, -0.25) is 9.69 Å². The highest BCUT2D eigenvalue weighted by atomic mass is 35.5. The minimum Gasteiger partial charge on any atom is -0.327 e. The number of carbonyl (C=O) groups excluding carboxylic acids is 1. The lowest BCUT2D eigenvalue weighted by molar-refractivity contribution is 0.0899. The lowest BCUT2D eigenvalue weighted by atomic mass is 9.79. The summed E-state index contributed by atoms with van der Waals surface area (Å²) in [5.74, 6) is -0.135. The zero-order chi connectivity index (χ0) is 18.7. The van der Waals surface area contributed by atoms with Crippen molar-refractivity contribution in [3.05, 3.63) is 64.7 Å². The van der Waals surface area contributed by atoms with Gasteiger partial charge in [-0.15, -0.1) is 0 Å². The van der Waals surface area contributed by atoms with Crippen molar-refractivity contribution in [1.82, 2.24) is 4.90 Å². The second-order valence-corrected chi connectivity index (χ2v) is 8.19. The summed E-state index contributed by atoms with van der Waals surface area (Å²) in [7, 11) is 0. The van der Waals surface area contributed by atoms with Gasteiger partial charge in [0, 0.05) is 41.9 Å². The molecule has 2 aromatic rings. The fourth-order valence-electron chi connectivity index (χ4n) is 3.43. The zero-order valence-corrected chi connectivity index (χ0v) is 16.1. The molecule has 1 fully saturated rings. The van der Waals surface area contributed by atoms with Gasteiger partial charge < -0.3 is 11.1 Å². The van der Waals surface area contributed by atoms with Crippen molar-refractivity contribution in [1.29, 1.82) is 0 Å². The van der Waals surface area contributed by atoms with Crippen LogP contribution in [-0.2, 0) is 6.54 Å². The van der Waals surface area contributed by atoms with E-state index in [1.807, 2.05) is 18.2 Å². The van der Waals surface area contributed by atoms with Crippen LogP contribution in [0.15, 0.2) is 48.5 Å². The van der Waals surface area contributed by atoms with E-state index in [-0.39, 0.29) is 17.4 Å². The normalized spacial score (nSPS) is 19.9. The molecule has 1 amide bonds. The first-order valence-electron chi connectivity index (χ1n) is 8.97. The lowest BCUT2D eigenvalue weighted by Crippen LogP contribution is -2.52. The van der Waals surface area contributed by atoms with Gasteiger partial charge in [0.15, 0.2) is 0 Å². The number of likely N-dealkylation sites (tertiary alicyclic amines) is 1. The number of piperidine rings is 1. The third-order valence-corrected chi connectivity index (χ3v) is 5.34. The Morgan fingerprint density at radius 3 is 2.69 bits per heavy atom. The van der Waals surface area contributed by atoms with E-state index in [9.17, 15) is 4.79 Å². The van der Waals surface area contributed by atoms with Crippen molar-refractivity contribution >= 4 is 23.2 Å². The van der Waals surface area contributed by atoms with Crippen molar-refractivity contribution in [3.63, 3.8) is 0 Å². The molecule has 0 saturated carbocycles. The summed E-state index contributed by atoms with van der Waals surface area (Å²) in [5, 5.41) is 3.58. The van der Waals surface area contributed by atoms with Crippen LogP contribution >= 0.6 is 11.6 Å². The number of benzene rings is 2. The molecule has 0 radical (unpaired) electrons. The standard InChI is InChI=1S/C21H26ClN3O/c1-21(2)14-25(11-10-19(21)23)13-15-4-3-5-18(12-15)24-20(26)16-6-8-17(22)9-7-16/h3-9,12,19H,10-11,13-14,23H2,1-2H3,(H,24,26). The first-order valence-corrected chi connectivity index (χ1v) is 9.35. The summed E-state index contributed by atoms with van der Waals surface area (Å²) in [4.78, 5) is 14.8. The predicted octanol–water partition coefficient (Wildman–Crippen LogP) is 4.15.